The van der Waals surface area contributed by atoms with Gasteiger partial charge in [0.15, 0.2) is 9.84 Å². The zero-order valence-electron chi connectivity index (χ0n) is 6.99. The molecule has 0 aromatic heterocycles. The molecule has 2 saturated heterocycles. The van der Waals surface area contributed by atoms with E-state index in [-0.39, 0.29) is 23.0 Å². The lowest BCUT2D eigenvalue weighted by molar-refractivity contribution is 0.0863. The van der Waals surface area contributed by atoms with Gasteiger partial charge in [-0.15, -0.1) is 0 Å². The smallest absolute Gasteiger partial charge is 0.157 e. The van der Waals surface area contributed by atoms with Gasteiger partial charge in [-0.05, 0) is 0 Å². The van der Waals surface area contributed by atoms with Crippen molar-refractivity contribution in [3.8, 4) is 0 Å². The summed E-state index contributed by atoms with van der Waals surface area (Å²) in [7, 11) is -1.29. The third-order valence-corrected chi connectivity index (χ3v) is 5.07. The zero-order chi connectivity index (χ0) is 8.77. The highest BCUT2D eigenvalue weighted by molar-refractivity contribution is 7.92. The van der Waals surface area contributed by atoms with Gasteiger partial charge in [0, 0.05) is 26.1 Å². The van der Waals surface area contributed by atoms with Gasteiger partial charge in [-0.2, -0.15) is 0 Å². The van der Waals surface area contributed by atoms with Crippen LogP contribution in [0.5, 0.6) is 0 Å². The second-order valence-electron chi connectivity index (χ2n) is 3.46. The van der Waals surface area contributed by atoms with Crippen molar-refractivity contribution in [1.29, 1.82) is 0 Å². The summed E-state index contributed by atoms with van der Waals surface area (Å²) in [4.78, 5) is 0. The molecule has 2 rings (SSSR count). The fourth-order valence-electron chi connectivity index (χ4n) is 2.16. The number of fused-ring (bicyclic) bond motifs is 1. The van der Waals surface area contributed by atoms with E-state index in [9.17, 15) is 8.42 Å². The summed E-state index contributed by atoms with van der Waals surface area (Å²) in [6.07, 6.45) is -0.0880. The normalized spacial score (nSPS) is 44.6. The molecule has 0 unspecified atom stereocenters. The van der Waals surface area contributed by atoms with E-state index >= 15 is 0 Å². The van der Waals surface area contributed by atoms with Crippen LogP contribution in [0.15, 0.2) is 0 Å². The second kappa shape index (κ2) is 2.68. The summed E-state index contributed by atoms with van der Waals surface area (Å²) in [5.41, 5.74) is 0. The van der Waals surface area contributed by atoms with Crippen LogP contribution in [-0.2, 0) is 14.6 Å². The molecule has 2 aliphatic heterocycles. The Morgan fingerprint density at radius 1 is 1.42 bits per heavy atom. The van der Waals surface area contributed by atoms with Crippen LogP contribution in [0.3, 0.4) is 0 Å². The summed E-state index contributed by atoms with van der Waals surface area (Å²) in [6, 6.07) is 0. The Labute approximate surface area is 72.2 Å². The Balaban J connectivity index is 2.28. The molecule has 1 N–H and O–H groups in total. The number of rotatable bonds is 1. The van der Waals surface area contributed by atoms with E-state index in [2.05, 4.69) is 5.32 Å². The summed E-state index contributed by atoms with van der Waals surface area (Å²) in [5, 5.41) is 2.89. The molecule has 2 heterocycles. The van der Waals surface area contributed by atoms with E-state index < -0.39 is 9.84 Å². The molecule has 5 heteroatoms. The van der Waals surface area contributed by atoms with Gasteiger partial charge in [-0.3, -0.25) is 0 Å². The van der Waals surface area contributed by atoms with Crippen LogP contribution in [0.25, 0.3) is 0 Å². The van der Waals surface area contributed by atoms with Crippen molar-refractivity contribution in [2.45, 2.75) is 11.4 Å². The largest absolute Gasteiger partial charge is 0.380 e. The van der Waals surface area contributed by atoms with Gasteiger partial charge in [0.1, 0.15) is 0 Å². The second-order valence-corrected chi connectivity index (χ2v) is 5.73. The number of hydrogen-bond donors (Lipinski definition) is 1. The van der Waals surface area contributed by atoms with Crippen molar-refractivity contribution in [2.24, 2.45) is 5.92 Å². The zero-order valence-corrected chi connectivity index (χ0v) is 7.80. The number of hydrogen-bond acceptors (Lipinski definition) is 4. The van der Waals surface area contributed by atoms with Crippen molar-refractivity contribution in [1.82, 2.24) is 5.32 Å². The van der Waals surface area contributed by atoms with Gasteiger partial charge in [-0.1, -0.05) is 0 Å². The molecule has 12 heavy (non-hydrogen) atoms. The van der Waals surface area contributed by atoms with Crippen molar-refractivity contribution in [3.63, 3.8) is 0 Å². The molecule has 0 amide bonds. The van der Waals surface area contributed by atoms with Gasteiger partial charge in [0.05, 0.1) is 17.1 Å². The topological polar surface area (TPSA) is 55.4 Å². The maximum atomic E-state index is 11.5. The van der Waals surface area contributed by atoms with Crippen molar-refractivity contribution in [2.75, 3.05) is 26.0 Å². The average Bonchev–Trinajstić information content (AvgIpc) is 2.54. The van der Waals surface area contributed by atoms with Crippen LogP contribution >= 0.6 is 0 Å². The Morgan fingerprint density at radius 3 is 2.83 bits per heavy atom. The van der Waals surface area contributed by atoms with Gasteiger partial charge in [-0.25, -0.2) is 8.42 Å². The fourth-order valence-corrected chi connectivity index (χ4v) is 4.42. The first-order chi connectivity index (χ1) is 5.65. The summed E-state index contributed by atoms with van der Waals surface area (Å²) in [6.45, 7) is 1.38. The molecular weight excluding hydrogens is 178 g/mol. The van der Waals surface area contributed by atoms with E-state index in [1.807, 2.05) is 0 Å². The minimum atomic E-state index is -2.87. The lowest BCUT2D eigenvalue weighted by Crippen LogP contribution is -2.25. The number of nitrogens with one attached hydrogen (secondary N) is 1. The third kappa shape index (κ3) is 1.08. The Morgan fingerprint density at radius 2 is 2.17 bits per heavy atom. The van der Waals surface area contributed by atoms with Gasteiger partial charge >= 0.3 is 0 Å². The first-order valence-corrected chi connectivity index (χ1v) is 5.82. The molecular formula is C7H13NO3S. The Hall–Kier alpha value is -0.130. The molecule has 0 aromatic rings. The highest BCUT2D eigenvalue weighted by Crippen LogP contribution is 2.31. The molecule has 4 nitrogen and oxygen atoms in total. The Kier molecular flexibility index (Phi) is 1.89. The van der Waals surface area contributed by atoms with E-state index in [1.54, 1.807) is 7.11 Å². The van der Waals surface area contributed by atoms with Crippen molar-refractivity contribution < 1.29 is 13.2 Å². The molecule has 0 spiro atoms. The third-order valence-electron chi connectivity index (χ3n) is 2.84. The summed E-state index contributed by atoms with van der Waals surface area (Å²) >= 11 is 0. The van der Waals surface area contributed by atoms with Crippen molar-refractivity contribution in [3.05, 3.63) is 0 Å². The van der Waals surface area contributed by atoms with Gasteiger partial charge in [0.2, 0.25) is 0 Å². The maximum Gasteiger partial charge on any atom is 0.157 e. The first-order valence-electron chi connectivity index (χ1n) is 4.10. The van der Waals surface area contributed by atoms with Gasteiger partial charge in [0.25, 0.3) is 0 Å². The Bertz CT molecular complexity index is 274. The molecule has 0 aromatic carbocycles. The number of sulfone groups is 1. The van der Waals surface area contributed by atoms with Crippen LogP contribution in [-0.4, -0.2) is 45.7 Å². The molecule has 0 radical (unpaired) electrons. The van der Waals surface area contributed by atoms with Crippen LogP contribution in [0.4, 0.5) is 0 Å². The molecule has 70 valence electrons. The fraction of sp³-hybridized carbons (Fsp3) is 1.00. The predicted octanol–water partition coefficient (Wildman–Crippen LogP) is -0.982. The molecule has 0 bridgehead atoms. The minimum absolute atomic E-state index is 0.0880. The van der Waals surface area contributed by atoms with E-state index in [0.29, 0.717) is 6.54 Å². The molecule has 0 saturated carbocycles. The number of ether oxygens (including phenoxy) is 1. The monoisotopic (exact) mass is 191 g/mol. The number of methoxy groups -OCH3 is 1. The first kappa shape index (κ1) is 8.47. The lowest BCUT2D eigenvalue weighted by atomic mass is 10.0. The highest BCUT2D eigenvalue weighted by Gasteiger charge is 2.49. The molecule has 2 aliphatic rings. The summed E-state index contributed by atoms with van der Waals surface area (Å²) in [5.74, 6) is 0.389. The molecule has 3 atom stereocenters. The highest BCUT2D eigenvalue weighted by atomic mass is 32.2. The van der Waals surface area contributed by atoms with Crippen LogP contribution < -0.4 is 5.32 Å². The van der Waals surface area contributed by atoms with Crippen LogP contribution in [0, 0.1) is 5.92 Å². The molecule has 2 fully saturated rings. The lowest BCUT2D eigenvalue weighted by Gasteiger charge is -2.12. The quantitative estimate of drug-likeness (QED) is 0.578. The summed E-state index contributed by atoms with van der Waals surface area (Å²) < 4.78 is 28.1. The standard InChI is InChI=1S/C7H13NO3S/c1-11-6-4-12(9,10)7-3-8-2-5(6)7/h5-8H,2-4H2,1H3/t5-,6+,7+/m1/s1. The van der Waals surface area contributed by atoms with E-state index in [1.165, 1.54) is 0 Å². The van der Waals surface area contributed by atoms with Crippen molar-refractivity contribution >= 4 is 9.84 Å². The van der Waals surface area contributed by atoms with Gasteiger partial charge < -0.3 is 10.1 Å². The average molecular weight is 191 g/mol. The predicted molar refractivity (Wildman–Crippen MR) is 44.7 cm³/mol. The minimum Gasteiger partial charge on any atom is -0.380 e. The van der Waals surface area contributed by atoms with E-state index in [4.69, 9.17) is 4.74 Å². The molecule has 0 aliphatic carbocycles. The van der Waals surface area contributed by atoms with E-state index in [0.717, 1.165) is 6.54 Å². The van der Waals surface area contributed by atoms with Crippen LogP contribution in [0.2, 0.25) is 0 Å². The van der Waals surface area contributed by atoms with Crippen LogP contribution in [0.1, 0.15) is 0 Å². The maximum absolute atomic E-state index is 11.5. The SMILES string of the molecule is CO[C@H]1CS(=O)(=O)[C@H]2CNC[C@H]12.